The number of piperidine rings is 1. The summed E-state index contributed by atoms with van der Waals surface area (Å²) in [5, 5.41) is 12.2. The van der Waals surface area contributed by atoms with Crippen molar-refractivity contribution in [1.82, 2.24) is 15.3 Å². The summed E-state index contributed by atoms with van der Waals surface area (Å²) in [5.74, 6) is 1.08. The lowest BCUT2D eigenvalue weighted by molar-refractivity contribution is 0.0945. The smallest absolute Gasteiger partial charge is 0.251 e. The summed E-state index contributed by atoms with van der Waals surface area (Å²) in [5.41, 5.74) is 2.16. The number of nitrogens with zero attached hydrogens (tertiary/aromatic N) is 4. The van der Waals surface area contributed by atoms with Gasteiger partial charge in [-0.25, -0.2) is 9.97 Å². The SMILES string of the molecule is Cc1cccc(C(=O)NCC2CCN(c3nccnc3C#N)CC2)c1. The molecule has 2 aromatic rings. The summed E-state index contributed by atoms with van der Waals surface area (Å²) >= 11 is 0. The van der Waals surface area contributed by atoms with Crippen molar-refractivity contribution >= 4 is 11.7 Å². The van der Waals surface area contributed by atoms with E-state index >= 15 is 0 Å². The van der Waals surface area contributed by atoms with Crippen LogP contribution < -0.4 is 10.2 Å². The molecule has 25 heavy (non-hydrogen) atoms. The molecule has 128 valence electrons. The van der Waals surface area contributed by atoms with Gasteiger partial charge in [0.25, 0.3) is 5.91 Å². The predicted octanol–water partition coefficient (Wildman–Crippen LogP) is 2.30. The van der Waals surface area contributed by atoms with Gasteiger partial charge in [0.2, 0.25) is 0 Å². The van der Waals surface area contributed by atoms with Crippen LogP contribution >= 0.6 is 0 Å². The molecule has 0 atom stereocenters. The standard InChI is InChI=1S/C19H21N5O/c1-14-3-2-4-16(11-14)19(25)23-13-15-5-9-24(10-6-15)18-17(12-20)21-7-8-22-18/h2-4,7-8,11,15H,5-6,9-10,13H2,1H3,(H,23,25). The molecule has 0 aliphatic carbocycles. The normalized spacial score (nSPS) is 14.8. The number of aromatic nitrogens is 2. The first-order valence-electron chi connectivity index (χ1n) is 8.48. The van der Waals surface area contributed by atoms with E-state index in [0.717, 1.165) is 31.5 Å². The first-order valence-corrected chi connectivity index (χ1v) is 8.48. The molecule has 1 aliphatic heterocycles. The van der Waals surface area contributed by atoms with Gasteiger partial charge in [0.1, 0.15) is 6.07 Å². The predicted molar refractivity (Wildman–Crippen MR) is 95.2 cm³/mol. The third kappa shape index (κ3) is 4.13. The summed E-state index contributed by atoms with van der Waals surface area (Å²) in [6.07, 6.45) is 5.06. The number of hydrogen-bond acceptors (Lipinski definition) is 5. The molecule has 2 heterocycles. The Kier molecular flexibility index (Phi) is 5.24. The first-order chi connectivity index (χ1) is 12.2. The fourth-order valence-electron chi connectivity index (χ4n) is 3.12. The van der Waals surface area contributed by atoms with Gasteiger partial charge >= 0.3 is 0 Å². The Hall–Kier alpha value is -2.94. The number of benzene rings is 1. The highest BCUT2D eigenvalue weighted by Gasteiger charge is 2.22. The third-order valence-electron chi connectivity index (χ3n) is 4.53. The van der Waals surface area contributed by atoms with E-state index in [1.54, 1.807) is 6.20 Å². The van der Waals surface area contributed by atoms with Crippen LogP contribution in [0.4, 0.5) is 5.82 Å². The number of carbonyl (C=O) groups excluding carboxylic acids is 1. The lowest BCUT2D eigenvalue weighted by atomic mass is 9.96. The monoisotopic (exact) mass is 335 g/mol. The van der Waals surface area contributed by atoms with Crippen LogP contribution in [0.25, 0.3) is 0 Å². The molecule has 0 saturated carbocycles. The van der Waals surface area contributed by atoms with Crippen molar-refractivity contribution in [1.29, 1.82) is 5.26 Å². The molecule has 1 aromatic heterocycles. The van der Waals surface area contributed by atoms with Crippen LogP contribution in [0.5, 0.6) is 0 Å². The van der Waals surface area contributed by atoms with E-state index in [2.05, 4.69) is 26.3 Å². The molecule has 0 spiro atoms. The molecule has 1 amide bonds. The van der Waals surface area contributed by atoms with Crippen LogP contribution in [0.2, 0.25) is 0 Å². The molecule has 1 saturated heterocycles. The van der Waals surface area contributed by atoms with E-state index in [0.29, 0.717) is 29.5 Å². The van der Waals surface area contributed by atoms with E-state index in [1.165, 1.54) is 6.20 Å². The van der Waals surface area contributed by atoms with Crippen LogP contribution in [-0.4, -0.2) is 35.5 Å². The molecule has 6 heteroatoms. The van der Waals surface area contributed by atoms with Crippen molar-refractivity contribution < 1.29 is 4.79 Å². The summed E-state index contributed by atoms with van der Waals surface area (Å²) in [6.45, 7) is 4.29. The van der Waals surface area contributed by atoms with Gasteiger partial charge < -0.3 is 10.2 Å². The van der Waals surface area contributed by atoms with Crippen LogP contribution in [0.15, 0.2) is 36.7 Å². The summed E-state index contributed by atoms with van der Waals surface area (Å²) in [7, 11) is 0. The van der Waals surface area contributed by atoms with Crippen molar-refractivity contribution in [3.63, 3.8) is 0 Å². The summed E-state index contributed by atoms with van der Waals surface area (Å²) < 4.78 is 0. The lowest BCUT2D eigenvalue weighted by Gasteiger charge is -2.32. The van der Waals surface area contributed by atoms with E-state index in [9.17, 15) is 4.79 Å². The fraction of sp³-hybridized carbons (Fsp3) is 0.368. The topological polar surface area (TPSA) is 81.9 Å². The number of amides is 1. The Morgan fingerprint density at radius 2 is 2.08 bits per heavy atom. The van der Waals surface area contributed by atoms with Gasteiger partial charge in [-0.3, -0.25) is 4.79 Å². The number of aryl methyl sites for hydroxylation is 1. The van der Waals surface area contributed by atoms with Gasteiger partial charge in [-0.05, 0) is 37.8 Å². The first kappa shape index (κ1) is 16.9. The average molecular weight is 335 g/mol. The van der Waals surface area contributed by atoms with E-state index in [-0.39, 0.29) is 5.91 Å². The van der Waals surface area contributed by atoms with Gasteiger partial charge in [0.05, 0.1) is 0 Å². The van der Waals surface area contributed by atoms with Gasteiger partial charge in [-0.15, -0.1) is 0 Å². The van der Waals surface area contributed by atoms with Gasteiger partial charge in [-0.2, -0.15) is 5.26 Å². The Bertz CT molecular complexity index is 790. The zero-order valence-corrected chi connectivity index (χ0v) is 14.3. The van der Waals surface area contributed by atoms with Gasteiger partial charge in [0.15, 0.2) is 11.5 Å². The molecule has 1 aromatic carbocycles. The van der Waals surface area contributed by atoms with Crippen LogP contribution in [-0.2, 0) is 0 Å². The molecule has 6 nitrogen and oxygen atoms in total. The van der Waals surface area contributed by atoms with E-state index < -0.39 is 0 Å². The minimum atomic E-state index is -0.0215. The average Bonchev–Trinajstić information content (AvgIpc) is 2.66. The van der Waals surface area contributed by atoms with Crippen LogP contribution in [0.3, 0.4) is 0 Å². The van der Waals surface area contributed by atoms with Gasteiger partial charge in [-0.1, -0.05) is 17.7 Å². The van der Waals surface area contributed by atoms with Crippen LogP contribution in [0, 0.1) is 24.2 Å². The molecule has 3 rings (SSSR count). The largest absolute Gasteiger partial charge is 0.354 e. The highest BCUT2D eigenvalue weighted by molar-refractivity contribution is 5.94. The maximum absolute atomic E-state index is 12.2. The number of hydrogen-bond donors (Lipinski definition) is 1. The Morgan fingerprint density at radius 1 is 1.32 bits per heavy atom. The minimum Gasteiger partial charge on any atom is -0.354 e. The summed E-state index contributed by atoms with van der Waals surface area (Å²) in [6, 6.07) is 9.71. The lowest BCUT2D eigenvalue weighted by Crippen LogP contribution is -2.39. The molecule has 0 radical (unpaired) electrons. The molecule has 1 fully saturated rings. The quantitative estimate of drug-likeness (QED) is 0.927. The number of carbonyl (C=O) groups is 1. The zero-order chi connectivity index (χ0) is 17.6. The highest BCUT2D eigenvalue weighted by atomic mass is 16.1. The molecule has 0 unspecified atom stereocenters. The van der Waals surface area contributed by atoms with Crippen molar-refractivity contribution in [2.24, 2.45) is 5.92 Å². The fourth-order valence-corrected chi connectivity index (χ4v) is 3.12. The molecule has 0 bridgehead atoms. The number of nitrogens with one attached hydrogen (secondary N) is 1. The maximum atomic E-state index is 12.2. The van der Waals surface area contributed by atoms with E-state index in [1.807, 2.05) is 31.2 Å². The number of anilines is 1. The second-order valence-corrected chi connectivity index (χ2v) is 6.35. The third-order valence-corrected chi connectivity index (χ3v) is 4.53. The molecular formula is C19H21N5O. The molecule has 1 aliphatic rings. The van der Waals surface area contributed by atoms with Crippen molar-refractivity contribution in [2.45, 2.75) is 19.8 Å². The second kappa shape index (κ2) is 7.75. The van der Waals surface area contributed by atoms with Crippen molar-refractivity contribution in [3.05, 3.63) is 53.5 Å². The number of nitriles is 1. The minimum absolute atomic E-state index is 0.0215. The van der Waals surface area contributed by atoms with Crippen molar-refractivity contribution in [3.8, 4) is 6.07 Å². The van der Waals surface area contributed by atoms with Gasteiger partial charge in [0, 0.05) is 37.6 Å². The Morgan fingerprint density at radius 3 is 2.80 bits per heavy atom. The van der Waals surface area contributed by atoms with Crippen LogP contribution in [0.1, 0.15) is 34.5 Å². The van der Waals surface area contributed by atoms with Crippen molar-refractivity contribution in [2.75, 3.05) is 24.5 Å². The summed E-state index contributed by atoms with van der Waals surface area (Å²) in [4.78, 5) is 22.7. The Labute approximate surface area is 147 Å². The maximum Gasteiger partial charge on any atom is 0.251 e. The molecular weight excluding hydrogens is 314 g/mol. The second-order valence-electron chi connectivity index (χ2n) is 6.35. The number of rotatable bonds is 4. The Balaban J connectivity index is 1.51. The van der Waals surface area contributed by atoms with E-state index in [4.69, 9.17) is 5.26 Å². The highest BCUT2D eigenvalue weighted by Crippen LogP contribution is 2.22. The zero-order valence-electron chi connectivity index (χ0n) is 14.3. The molecule has 1 N–H and O–H groups in total.